The molecule has 0 heterocycles. The third kappa shape index (κ3) is 1.58. The van der Waals surface area contributed by atoms with Crippen LogP contribution in [0, 0.1) is 5.41 Å². The lowest BCUT2D eigenvalue weighted by Gasteiger charge is -2.31. The van der Waals surface area contributed by atoms with E-state index in [0.29, 0.717) is 0 Å². The molecule has 1 aliphatic carbocycles. The van der Waals surface area contributed by atoms with Crippen LogP contribution in [0.2, 0.25) is 0 Å². The molecule has 0 spiro atoms. The fraction of sp³-hybridized carbons (Fsp3) is 0.294. The number of benzene rings is 2. The molecule has 1 atom stereocenters. The summed E-state index contributed by atoms with van der Waals surface area (Å²) in [4.78, 5) is 0. The van der Waals surface area contributed by atoms with Crippen molar-refractivity contribution in [1.82, 2.24) is 0 Å². The summed E-state index contributed by atoms with van der Waals surface area (Å²) >= 11 is 0. The normalized spacial score (nSPS) is 18.9. The van der Waals surface area contributed by atoms with E-state index in [-0.39, 0.29) is 5.41 Å². The molecule has 1 unspecified atom stereocenters. The maximum absolute atomic E-state index is 10.6. The van der Waals surface area contributed by atoms with Gasteiger partial charge in [0.25, 0.3) is 0 Å². The van der Waals surface area contributed by atoms with Gasteiger partial charge in [0.1, 0.15) is 6.10 Å². The van der Waals surface area contributed by atoms with E-state index in [1.807, 2.05) is 12.1 Å². The van der Waals surface area contributed by atoms with Gasteiger partial charge in [0, 0.05) is 0 Å². The van der Waals surface area contributed by atoms with Gasteiger partial charge in [-0.25, -0.2) is 0 Å². The molecule has 1 aliphatic rings. The molecule has 1 nitrogen and oxygen atoms in total. The highest BCUT2D eigenvalue weighted by molar-refractivity contribution is 5.96. The molecule has 0 amide bonds. The molecule has 3 rings (SSSR count). The van der Waals surface area contributed by atoms with Crippen LogP contribution in [0.15, 0.2) is 42.0 Å². The van der Waals surface area contributed by atoms with Crippen molar-refractivity contribution >= 4 is 16.8 Å². The topological polar surface area (TPSA) is 20.2 Å². The fourth-order valence-corrected chi connectivity index (χ4v) is 2.79. The van der Waals surface area contributed by atoms with Gasteiger partial charge in [0.15, 0.2) is 0 Å². The first-order valence-electron chi connectivity index (χ1n) is 6.40. The summed E-state index contributed by atoms with van der Waals surface area (Å²) in [5.41, 5.74) is 3.33. The highest BCUT2D eigenvalue weighted by atomic mass is 16.3. The Hall–Kier alpha value is -1.60. The van der Waals surface area contributed by atoms with E-state index < -0.39 is 6.10 Å². The molecule has 0 bridgehead atoms. The molecule has 0 saturated heterocycles. The Morgan fingerprint density at radius 2 is 1.67 bits per heavy atom. The largest absolute Gasteiger partial charge is 0.384 e. The van der Waals surface area contributed by atoms with E-state index >= 15 is 0 Å². The van der Waals surface area contributed by atoms with E-state index in [0.717, 1.165) is 11.1 Å². The van der Waals surface area contributed by atoms with Crippen molar-refractivity contribution in [2.45, 2.75) is 26.9 Å². The lowest BCUT2D eigenvalue weighted by Crippen LogP contribution is -2.19. The molecule has 2 aromatic rings. The minimum Gasteiger partial charge on any atom is -0.384 e. The summed E-state index contributed by atoms with van der Waals surface area (Å²) in [5.74, 6) is 0. The average Bonchev–Trinajstić information content (AvgIpc) is 2.32. The van der Waals surface area contributed by atoms with Crippen LogP contribution in [0.25, 0.3) is 16.8 Å². The van der Waals surface area contributed by atoms with Crippen LogP contribution in [-0.2, 0) is 0 Å². The van der Waals surface area contributed by atoms with Gasteiger partial charge in [-0.1, -0.05) is 63.2 Å². The monoisotopic (exact) mass is 238 g/mol. The van der Waals surface area contributed by atoms with E-state index in [1.165, 1.54) is 16.3 Å². The van der Waals surface area contributed by atoms with Gasteiger partial charge >= 0.3 is 0 Å². The predicted molar refractivity (Wildman–Crippen MR) is 76.3 cm³/mol. The minimum atomic E-state index is -0.483. The summed E-state index contributed by atoms with van der Waals surface area (Å²) in [6.45, 7) is 6.45. The van der Waals surface area contributed by atoms with Gasteiger partial charge in [0.05, 0.1) is 0 Å². The Labute approximate surface area is 108 Å². The second kappa shape index (κ2) is 3.69. The van der Waals surface area contributed by atoms with E-state index in [2.05, 4.69) is 51.1 Å². The Morgan fingerprint density at radius 3 is 2.33 bits per heavy atom. The van der Waals surface area contributed by atoms with E-state index in [4.69, 9.17) is 0 Å². The van der Waals surface area contributed by atoms with Crippen LogP contribution in [0.5, 0.6) is 0 Å². The van der Waals surface area contributed by atoms with Gasteiger partial charge in [-0.15, -0.1) is 0 Å². The molecule has 0 saturated carbocycles. The first-order chi connectivity index (χ1) is 8.48. The molecule has 1 N–H and O–H groups in total. The third-order valence-corrected chi connectivity index (χ3v) is 3.74. The zero-order valence-electron chi connectivity index (χ0n) is 11.1. The minimum absolute atomic E-state index is 0.0187. The van der Waals surface area contributed by atoms with Gasteiger partial charge in [-0.3, -0.25) is 0 Å². The van der Waals surface area contributed by atoms with Crippen molar-refractivity contribution in [2.24, 2.45) is 5.41 Å². The fourth-order valence-electron chi connectivity index (χ4n) is 2.79. The van der Waals surface area contributed by atoms with Gasteiger partial charge in [-0.2, -0.15) is 0 Å². The van der Waals surface area contributed by atoms with Crippen molar-refractivity contribution in [3.05, 3.63) is 53.1 Å². The molecule has 1 heteroatoms. The van der Waals surface area contributed by atoms with E-state index in [1.54, 1.807) is 0 Å². The smallest absolute Gasteiger partial charge is 0.102 e. The molecule has 0 radical (unpaired) electrons. The molecule has 18 heavy (non-hydrogen) atoms. The van der Waals surface area contributed by atoms with Gasteiger partial charge < -0.3 is 5.11 Å². The van der Waals surface area contributed by atoms with Crippen LogP contribution in [0.1, 0.15) is 38.0 Å². The highest BCUT2D eigenvalue weighted by Gasteiger charge is 2.29. The second-order valence-corrected chi connectivity index (χ2v) is 6.04. The SMILES string of the molecule is CC(C)(C)C1=Cc2cccc3cccc(c23)C1O. The number of aliphatic hydroxyl groups excluding tert-OH is 1. The number of rotatable bonds is 0. The predicted octanol–water partition coefficient (Wildman–Crippen LogP) is 4.32. The number of hydrogen-bond donors (Lipinski definition) is 1. The quantitative estimate of drug-likeness (QED) is 0.724. The standard InChI is InChI=1S/C17H18O/c1-17(2,3)14-10-12-8-4-6-11-7-5-9-13(15(11)12)16(14)18/h4-10,16,18H,1-3H3. The van der Waals surface area contributed by atoms with Crippen LogP contribution >= 0.6 is 0 Å². The van der Waals surface area contributed by atoms with Crippen molar-refractivity contribution in [3.63, 3.8) is 0 Å². The highest BCUT2D eigenvalue weighted by Crippen LogP contribution is 2.44. The Kier molecular flexibility index (Phi) is 2.36. The number of aliphatic hydroxyl groups is 1. The Morgan fingerprint density at radius 1 is 1.00 bits per heavy atom. The third-order valence-electron chi connectivity index (χ3n) is 3.74. The van der Waals surface area contributed by atoms with Crippen molar-refractivity contribution in [1.29, 1.82) is 0 Å². The first-order valence-corrected chi connectivity index (χ1v) is 6.40. The zero-order chi connectivity index (χ0) is 12.9. The average molecular weight is 238 g/mol. The molecule has 92 valence electrons. The summed E-state index contributed by atoms with van der Waals surface area (Å²) in [7, 11) is 0. The molecule has 0 aliphatic heterocycles. The lowest BCUT2D eigenvalue weighted by atomic mass is 9.76. The van der Waals surface area contributed by atoms with Crippen molar-refractivity contribution in [2.75, 3.05) is 0 Å². The van der Waals surface area contributed by atoms with Crippen LogP contribution < -0.4 is 0 Å². The van der Waals surface area contributed by atoms with Gasteiger partial charge in [-0.05, 0) is 32.9 Å². The number of hydrogen-bond acceptors (Lipinski definition) is 1. The first kappa shape index (κ1) is 11.5. The Balaban J connectivity index is 2.36. The Bertz CT molecular complexity index is 639. The molecule has 0 fully saturated rings. The van der Waals surface area contributed by atoms with Crippen LogP contribution in [0.4, 0.5) is 0 Å². The molecular weight excluding hydrogens is 220 g/mol. The molecular formula is C17H18O. The second-order valence-electron chi connectivity index (χ2n) is 6.04. The lowest BCUT2D eigenvalue weighted by molar-refractivity contribution is 0.191. The van der Waals surface area contributed by atoms with Crippen LogP contribution in [-0.4, -0.2) is 5.11 Å². The summed E-state index contributed by atoms with van der Waals surface area (Å²) in [5, 5.41) is 13.0. The van der Waals surface area contributed by atoms with E-state index in [9.17, 15) is 5.11 Å². The maximum atomic E-state index is 10.6. The van der Waals surface area contributed by atoms with Crippen molar-refractivity contribution < 1.29 is 5.11 Å². The summed E-state index contributed by atoms with van der Waals surface area (Å²) in [6.07, 6.45) is 1.67. The van der Waals surface area contributed by atoms with Gasteiger partial charge in [0.2, 0.25) is 0 Å². The molecule has 0 aromatic heterocycles. The maximum Gasteiger partial charge on any atom is 0.102 e. The van der Waals surface area contributed by atoms with Crippen LogP contribution in [0.3, 0.4) is 0 Å². The van der Waals surface area contributed by atoms with Crippen molar-refractivity contribution in [3.8, 4) is 0 Å². The molecule has 2 aromatic carbocycles. The summed E-state index contributed by atoms with van der Waals surface area (Å²) in [6, 6.07) is 12.5. The summed E-state index contributed by atoms with van der Waals surface area (Å²) < 4.78 is 0. The zero-order valence-corrected chi connectivity index (χ0v) is 11.1.